The molecule has 29 heavy (non-hydrogen) atoms. The Morgan fingerprint density at radius 3 is 3.07 bits per heavy atom. The third kappa shape index (κ3) is 4.18. The number of hydrogen-bond acceptors (Lipinski definition) is 5. The summed E-state index contributed by atoms with van der Waals surface area (Å²) in [6.45, 7) is 2.10. The molecule has 0 saturated carbocycles. The minimum atomic E-state index is -0.0211. The molecule has 154 valence electrons. The number of aromatic nitrogens is 3. The smallest absolute Gasteiger partial charge is 0.229 e. The van der Waals surface area contributed by atoms with Crippen molar-refractivity contribution in [2.24, 2.45) is 4.99 Å². The van der Waals surface area contributed by atoms with E-state index in [1.165, 1.54) is 6.42 Å². The number of benzene rings is 1. The highest BCUT2D eigenvalue weighted by Crippen LogP contribution is 2.25. The zero-order valence-corrected chi connectivity index (χ0v) is 16.9. The molecule has 1 atom stereocenters. The first-order valence-corrected chi connectivity index (χ1v) is 10.0. The van der Waals surface area contributed by atoms with Gasteiger partial charge in [0.2, 0.25) is 5.91 Å². The fourth-order valence-electron chi connectivity index (χ4n) is 3.88. The standard InChI is InChI=1S/C20H27N7O2/c1-21-20(22-12-18-25-24-17-8-3-4-9-26(17)18)23-14-10-19(28)27(13-14)15-6-5-7-16(11-15)29-2/h5-7,11,14H,3-4,8-10,12-13H2,1-2H3,(H2,21,22,23). The van der Waals surface area contributed by atoms with Gasteiger partial charge in [0, 0.05) is 44.7 Å². The minimum Gasteiger partial charge on any atom is -0.497 e. The van der Waals surface area contributed by atoms with Crippen LogP contribution in [0.3, 0.4) is 0 Å². The zero-order valence-electron chi connectivity index (χ0n) is 16.9. The first kappa shape index (κ1) is 19.2. The number of amides is 1. The molecule has 2 aliphatic heterocycles. The molecule has 2 aromatic rings. The van der Waals surface area contributed by atoms with Crippen molar-refractivity contribution >= 4 is 17.6 Å². The summed E-state index contributed by atoms with van der Waals surface area (Å²) in [4.78, 5) is 18.6. The third-order valence-corrected chi connectivity index (χ3v) is 5.40. The number of nitrogens with zero attached hydrogens (tertiary/aromatic N) is 5. The summed E-state index contributed by atoms with van der Waals surface area (Å²) in [6.07, 6.45) is 3.74. The Morgan fingerprint density at radius 1 is 1.34 bits per heavy atom. The van der Waals surface area contributed by atoms with Crippen LogP contribution in [0.15, 0.2) is 29.3 Å². The van der Waals surface area contributed by atoms with E-state index < -0.39 is 0 Å². The molecule has 0 bridgehead atoms. The molecule has 0 spiro atoms. The summed E-state index contributed by atoms with van der Waals surface area (Å²) in [5.74, 6) is 3.46. The van der Waals surface area contributed by atoms with Gasteiger partial charge in [0.25, 0.3) is 0 Å². The second-order valence-corrected chi connectivity index (χ2v) is 7.32. The van der Waals surface area contributed by atoms with Crippen molar-refractivity contribution in [2.75, 3.05) is 25.6 Å². The van der Waals surface area contributed by atoms with Crippen LogP contribution in [0.1, 0.15) is 30.9 Å². The number of nitrogens with one attached hydrogen (secondary N) is 2. The molecule has 1 aromatic carbocycles. The molecular formula is C20H27N7O2. The number of carbonyl (C=O) groups excluding carboxylic acids is 1. The number of fused-ring (bicyclic) bond motifs is 1. The van der Waals surface area contributed by atoms with E-state index in [1.807, 2.05) is 24.3 Å². The maximum absolute atomic E-state index is 12.5. The van der Waals surface area contributed by atoms with Crippen LogP contribution in [0.25, 0.3) is 0 Å². The average Bonchev–Trinajstić information content (AvgIpc) is 3.34. The lowest BCUT2D eigenvalue weighted by molar-refractivity contribution is -0.117. The number of ether oxygens (including phenoxy) is 1. The molecule has 1 unspecified atom stereocenters. The van der Waals surface area contributed by atoms with E-state index in [4.69, 9.17) is 4.74 Å². The summed E-state index contributed by atoms with van der Waals surface area (Å²) < 4.78 is 7.46. The average molecular weight is 397 g/mol. The Bertz CT molecular complexity index is 908. The molecule has 1 fully saturated rings. The van der Waals surface area contributed by atoms with E-state index >= 15 is 0 Å². The second kappa shape index (κ2) is 8.50. The SMILES string of the molecule is CN=C(NCc1nnc2n1CCCC2)NC1CC(=O)N(c2cccc(OC)c2)C1. The molecule has 1 aromatic heterocycles. The van der Waals surface area contributed by atoms with E-state index in [9.17, 15) is 4.79 Å². The van der Waals surface area contributed by atoms with Crippen LogP contribution >= 0.6 is 0 Å². The van der Waals surface area contributed by atoms with Gasteiger partial charge < -0.3 is 24.8 Å². The van der Waals surface area contributed by atoms with Crippen LogP contribution in [0.2, 0.25) is 0 Å². The number of aryl methyl sites for hydroxylation is 1. The van der Waals surface area contributed by atoms with Crippen molar-refractivity contribution < 1.29 is 9.53 Å². The Hall–Kier alpha value is -3.10. The van der Waals surface area contributed by atoms with Gasteiger partial charge in [-0.05, 0) is 25.0 Å². The molecule has 0 aliphatic carbocycles. The molecule has 2 N–H and O–H groups in total. The zero-order chi connectivity index (χ0) is 20.2. The first-order valence-electron chi connectivity index (χ1n) is 10.0. The van der Waals surface area contributed by atoms with Crippen LogP contribution < -0.4 is 20.3 Å². The van der Waals surface area contributed by atoms with Crippen molar-refractivity contribution in [1.29, 1.82) is 0 Å². The summed E-state index contributed by atoms with van der Waals surface area (Å²) in [5.41, 5.74) is 0.844. The molecule has 3 heterocycles. The molecule has 9 nitrogen and oxygen atoms in total. The quantitative estimate of drug-likeness (QED) is 0.579. The molecule has 9 heteroatoms. The predicted octanol–water partition coefficient (Wildman–Crippen LogP) is 1.09. The van der Waals surface area contributed by atoms with E-state index in [1.54, 1.807) is 19.1 Å². The Balaban J connectivity index is 1.35. The van der Waals surface area contributed by atoms with Gasteiger partial charge in [-0.1, -0.05) is 6.07 Å². The maximum Gasteiger partial charge on any atom is 0.229 e. The van der Waals surface area contributed by atoms with E-state index in [2.05, 4.69) is 30.4 Å². The Kier molecular flexibility index (Phi) is 5.64. The highest BCUT2D eigenvalue weighted by molar-refractivity contribution is 5.97. The molecule has 1 saturated heterocycles. The van der Waals surface area contributed by atoms with Gasteiger partial charge in [-0.25, -0.2) is 0 Å². The molecule has 4 rings (SSSR count). The maximum atomic E-state index is 12.5. The third-order valence-electron chi connectivity index (χ3n) is 5.40. The van der Waals surface area contributed by atoms with Crippen molar-refractivity contribution in [2.45, 2.75) is 44.8 Å². The lowest BCUT2D eigenvalue weighted by Gasteiger charge is -2.20. The van der Waals surface area contributed by atoms with E-state index in [0.717, 1.165) is 42.5 Å². The van der Waals surface area contributed by atoms with Gasteiger partial charge in [0.1, 0.15) is 11.6 Å². The molecular weight excluding hydrogens is 370 g/mol. The summed E-state index contributed by atoms with van der Waals surface area (Å²) in [5, 5.41) is 15.2. The molecule has 2 aliphatic rings. The van der Waals surface area contributed by atoms with Gasteiger partial charge in [-0.15, -0.1) is 10.2 Å². The van der Waals surface area contributed by atoms with E-state index in [-0.39, 0.29) is 11.9 Å². The highest BCUT2D eigenvalue weighted by Gasteiger charge is 2.31. The number of hydrogen-bond donors (Lipinski definition) is 2. The molecule has 1 amide bonds. The van der Waals surface area contributed by atoms with Crippen molar-refractivity contribution in [1.82, 2.24) is 25.4 Å². The first-order chi connectivity index (χ1) is 14.2. The summed E-state index contributed by atoms with van der Waals surface area (Å²) >= 11 is 0. The topological polar surface area (TPSA) is 96.7 Å². The lowest BCUT2D eigenvalue weighted by Crippen LogP contribution is -2.44. The monoisotopic (exact) mass is 397 g/mol. The van der Waals surface area contributed by atoms with Crippen molar-refractivity contribution in [3.05, 3.63) is 35.9 Å². The van der Waals surface area contributed by atoms with Gasteiger partial charge in [-0.2, -0.15) is 0 Å². The van der Waals surface area contributed by atoms with Crippen LogP contribution in [-0.2, 0) is 24.3 Å². The number of rotatable bonds is 5. The largest absolute Gasteiger partial charge is 0.497 e. The van der Waals surface area contributed by atoms with Gasteiger partial charge in [0.15, 0.2) is 11.8 Å². The van der Waals surface area contributed by atoms with Crippen molar-refractivity contribution in [3.8, 4) is 5.75 Å². The number of carbonyl (C=O) groups is 1. The second-order valence-electron chi connectivity index (χ2n) is 7.32. The van der Waals surface area contributed by atoms with Gasteiger partial charge in [-0.3, -0.25) is 9.79 Å². The normalized spacial score (nSPS) is 19.2. The lowest BCUT2D eigenvalue weighted by atomic mass is 10.2. The number of guanidine groups is 1. The van der Waals surface area contributed by atoms with Crippen LogP contribution in [0.4, 0.5) is 5.69 Å². The minimum absolute atomic E-state index is 0.0211. The highest BCUT2D eigenvalue weighted by atomic mass is 16.5. The summed E-state index contributed by atoms with van der Waals surface area (Å²) in [7, 11) is 3.35. The van der Waals surface area contributed by atoms with Crippen LogP contribution in [-0.4, -0.2) is 53.4 Å². The fourth-order valence-corrected chi connectivity index (χ4v) is 3.88. The number of methoxy groups -OCH3 is 1. The van der Waals surface area contributed by atoms with Crippen LogP contribution in [0, 0.1) is 0 Å². The van der Waals surface area contributed by atoms with Crippen LogP contribution in [0.5, 0.6) is 5.75 Å². The van der Waals surface area contributed by atoms with E-state index in [0.29, 0.717) is 25.5 Å². The number of anilines is 1. The predicted molar refractivity (Wildman–Crippen MR) is 110 cm³/mol. The van der Waals surface area contributed by atoms with Gasteiger partial charge in [0.05, 0.1) is 19.7 Å². The fraction of sp³-hybridized carbons (Fsp3) is 0.500. The van der Waals surface area contributed by atoms with Gasteiger partial charge >= 0.3 is 0 Å². The molecule has 0 radical (unpaired) electrons. The Morgan fingerprint density at radius 2 is 2.24 bits per heavy atom. The Labute approximate surface area is 170 Å². The van der Waals surface area contributed by atoms with Crippen molar-refractivity contribution in [3.63, 3.8) is 0 Å². The number of aliphatic imine (C=N–C) groups is 1. The summed E-state index contributed by atoms with van der Waals surface area (Å²) in [6, 6.07) is 7.54.